The van der Waals surface area contributed by atoms with Crippen molar-refractivity contribution in [3.05, 3.63) is 62.0 Å². The van der Waals surface area contributed by atoms with Gasteiger partial charge in [-0.15, -0.1) is 0 Å². The lowest BCUT2D eigenvalue weighted by atomic mass is 9.97. The maximum absolute atomic E-state index is 12.5. The maximum atomic E-state index is 12.5. The Kier molecular flexibility index (Phi) is 4.08. The lowest BCUT2D eigenvalue weighted by Gasteiger charge is -2.12. The summed E-state index contributed by atoms with van der Waals surface area (Å²) >= 11 is 2.11. The first-order chi connectivity index (χ1) is 11.0. The van der Waals surface area contributed by atoms with Crippen LogP contribution in [-0.4, -0.2) is 23.2 Å². The Morgan fingerprint density at radius 3 is 2.65 bits per heavy atom. The zero-order valence-corrected chi connectivity index (χ0v) is 14.2. The molecule has 6 heteroatoms. The zero-order chi connectivity index (χ0) is 16.6. The predicted octanol–water partition coefficient (Wildman–Crippen LogP) is 3.51. The number of rotatable bonds is 3. The van der Waals surface area contributed by atoms with E-state index in [1.165, 1.54) is 7.11 Å². The van der Waals surface area contributed by atoms with E-state index < -0.39 is 11.5 Å². The standard InChI is InChI=1S/C17H12INO4/c1-23-13-5-3-2-4-10(13)14-15(17(21)22)11-8-9(18)6-7-12(11)19-16(14)20/h2-8H,1H3,(H,19,20)(H,21,22). The molecule has 3 rings (SSSR count). The monoisotopic (exact) mass is 421 g/mol. The zero-order valence-electron chi connectivity index (χ0n) is 12.1. The van der Waals surface area contributed by atoms with Crippen LogP contribution in [0.25, 0.3) is 22.0 Å². The summed E-state index contributed by atoms with van der Waals surface area (Å²) in [6.07, 6.45) is 0. The van der Waals surface area contributed by atoms with Crippen molar-refractivity contribution < 1.29 is 14.6 Å². The Morgan fingerprint density at radius 1 is 1.22 bits per heavy atom. The third-order valence-electron chi connectivity index (χ3n) is 3.57. The fourth-order valence-electron chi connectivity index (χ4n) is 2.60. The number of halogens is 1. The van der Waals surface area contributed by atoms with Gasteiger partial charge in [0.15, 0.2) is 0 Å². The fourth-order valence-corrected chi connectivity index (χ4v) is 3.09. The van der Waals surface area contributed by atoms with Crippen LogP contribution in [0.2, 0.25) is 0 Å². The number of ether oxygens (including phenoxy) is 1. The molecule has 0 fully saturated rings. The van der Waals surface area contributed by atoms with Crippen LogP contribution in [0.3, 0.4) is 0 Å². The molecule has 5 nitrogen and oxygen atoms in total. The number of aromatic nitrogens is 1. The summed E-state index contributed by atoms with van der Waals surface area (Å²) < 4.78 is 6.16. The molecule has 0 spiro atoms. The molecule has 0 saturated carbocycles. The number of methoxy groups -OCH3 is 1. The van der Waals surface area contributed by atoms with E-state index in [2.05, 4.69) is 27.6 Å². The minimum Gasteiger partial charge on any atom is -0.496 e. The highest BCUT2D eigenvalue weighted by atomic mass is 127. The molecule has 116 valence electrons. The Morgan fingerprint density at radius 2 is 1.96 bits per heavy atom. The number of carboxylic acids is 1. The molecule has 0 aliphatic carbocycles. The number of para-hydroxylation sites is 1. The van der Waals surface area contributed by atoms with Gasteiger partial charge in [0.25, 0.3) is 5.56 Å². The molecule has 1 aromatic heterocycles. The molecule has 3 aromatic rings. The number of H-pyrrole nitrogens is 1. The smallest absolute Gasteiger partial charge is 0.337 e. The summed E-state index contributed by atoms with van der Waals surface area (Å²) in [6, 6.07) is 12.1. The van der Waals surface area contributed by atoms with Gasteiger partial charge in [0.1, 0.15) is 5.75 Å². The van der Waals surface area contributed by atoms with E-state index in [0.29, 0.717) is 22.2 Å². The van der Waals surface area contributed by atoms with Crippen molar-refractivity contribution in [3.63, 3.8) is 0 Å². The van der Waals surface area contributed by atoms with Crippen molar-refractivity contribution in [3.8, 4) is 16.9 Å². The highest BCUT2D eigenvalue weighted by Crippen LogP contribution is 2.32. The Bertz CT molecular complexity index is 978. The van der Waals surface area contributed by atoms with Crippen molar-refractivity contribution in [1.82, 2.24) is 4.98 Å². The number of carbonyl (C=O) groups is 1. The van der Waals surface area contributed by atoms with Crippen LogP contribution in [0.4, 0.5) is 0 Å². The van der Waals surface area contributed by atoms with Gasteiger partial charge >= 0.3 is 5.97 Å². The molecule has 0 unspecified atom stereocenters. The van der Waals surface area contributed by atoms with Gasteiger partial charge in [0.05, 0.1) is 18.2 Å². The third kappa shape index (κ3) is 2.70. The molecule has 0 saturated heterocycles. The number of nitrogens with one attached hydrogen (secondary N) is 1. The van der Waals surface area contributed by atoms with Gasteiger partial charge in [-0.25, -0.2) is 4.79 Å². The van der Waals surface area contributed by atoms with Crippen molar-refractivity contribution in [2.24, 2.45) is 0 Å². The van der Waals surface area contributed by atoms with Gasteiger partial charge in [-0.05, 0) is 46.9 Å². The fraction of sp³-hybridized carbons (Fsp3) is 0.0588. The van der Waals surface area contributed by atoms with E-state index in [0.717, 1.165) is 3.57 Å². The van der Waals surface area contributed by atoms with Crippen LogP contribution >= 0.6 is 22.6 Å². The first kappa shape index (κ1) is 15.5. The van der Waals surface area contributed by atoms with Crippen molar-refractivity contribution >= 4 is 39.5 Å². The summed E-state index contributed by atoms with van der Waals surface area (Å²) in [7, 11) is 1.48. The Balaban J connectivity index is 2.50. The van der Waals surface area contributed by atoms with Gasteiger partial charge in [0, 0.05) is 20.0 Å². The van der Waals surface area contributed by atoms with Gasteiger partial charge in [-0.3, -0.25) is 4.79 Å². The first-order valence-electron chi connectivity index (χ1n) is 6.75. The SMILES string of the molecule is COc1ccccc1-c1c(C(=O)O)c2cc(I)ccc2[nH]c1=O. The second-order valence-electron chi connectivity index (χ2n) is 4.90. The first-order valence-corrected chi connectivity index (χ1v) is 7.83. The molecule has 23 heavy (non-hydrogen) atoms. The van der Waals surface area contributed by atoms with Gasteiger partial charge in [-0.2, -0.15) is 0 Å². The van der Waals surface area contributed by atoms with Crippen LogP contribution in [0.15, 0.2) is 47.3 Å². The van der Waals surface area contributed by atoms with Crippen LogP contribution in [0, 0.1) is 3.57 Å². The minimum absolute atomic E-state index is 0.0215. The molecular weight excluding hydrogens is 409 g/mol. The molecule has 0 radical (unpaired) electrons. The molecule has 2 N–H and O–H groups in total. The summed E-state index contributed by atoms with van der Waals surface area (Å²) in [4.78, 5) is 27.2. The van der Waals surface area contributed by atoms with Gasteiger partial charge in [-0.1, -0.05) is 18.2 Å². The Labute approximate surface area is 145 Å². The average Bonchev–Trinajstić information content (AvgIpc) is 2.53. The van der Waals surface area contributed by atoms with Gasteiger partial charge < -0.3 is 14.8 Å². The van der Waals surface area contributed by atoms with E-state index in [9.17, 15) is 14.7 Å². The lowest BCUT2D eigenvalue weighted by Crippen LogP contribution is -2.16. The quantitative estimate of drug-likeness (QED) is 0.635. The second-order valence-corrected chi connectivity index (χ2v) is 6.15. The number of aromatic carboxylic acids is 1. The van der Waals surface area contributed by atoms with Crippen LogP contribution < -0.4 is 10.3 Å². The third-order valence-corrected chi connectivity index (χ3v) is 4.24. The summed E-state index contributed by atoms with van der Waals surface area (Å²) in [5.41, 5.74) is 0.567. The number of hydrogen-bond donors (Lipinski definition) is 2. The van der Waals surface area contributed by atoms with E-state index in [-0.39, 0.29) is 11.1 Å². The van der Waals surface area contributed by atoms with Crippen LogP contribution in [0.1, 0.15) is 10.4 Å². The molecule has 2 aromatic carbocycles. The second kappa shape index (κ2) is 6.04. The molecule has 0 atom stereocenters. The lowest BCUT2D eigenvalue weighted by molar-refractivity contribution is 0.0699. The number of fused-ring (bicyclic) bond motifs is 1. The van der Waals surface area contributed by atoms with E-state index in [1.54, 1.807) is 36.4 Å². The number of aromatic amines is 1. The largest absolute Gasteiger partial charge is 0.496 e. The van der Waals surface area contributed by atoms with E-state index in [1.807, 2.05) is 6.07 Å². The van der Waals surface area contributed by atoms with Crippen molar-refractivity contribution in [1.29, 1.82) is 0 Å². The number of benzene rings is 2. The topological polar surface area (TPSA) is 79.4 Å². The molecule has 1 heterocycles. The minimum atomic E-state index is -1.15. The summed E-state index contributed by atoms with van der Waals surface area (Å²) in [6.45, 7) is 0. The normalized spacial score (nSPS) is 10.7. The Hall–Kier alpha value is -2.35. The molecule has 0 aliphatic heterocycles. The van der Waals surface area contributed by atoms with Crippen molar-refractivity contribution in [2.45, 2.75) is 0 Å². The molecule has 0 aliphatic rings. The highest BCUT2D eigenvalue weighted by Gasteiger charge is 2.22. The summed E-state index contributed by atoms with van der Waals surface area (Å²) in [5.74, 6) is -0.700. The highest BCUT2D eigenvalue weighted by molar-refractivity contribution is 14.1. The van der Waals surface area contributed by atoms with E-state index >= 15 is 0 Å². The van der Waals surface area contributed by atoms with Crippen LogP contribution in [-0.2, 0) is 0 Å². The molecule has 0 bridgehead atoms. The molecule has 0 amide bonds. The maximum Gasteiger partial charge on any atom is 0.337 e. The number of pyridine rings is 1. The summed E-state index contributed by atoms with van der Waals surface area (Å²) in [5, 5.41) is 10.2. The molecular formula is C17H12INO4. The van der Waals surface area contributed by atoms with Crippen molar-refractivity contribution in [2.75, 3.05) is 7.11 Å². The van der Waals surface area contributed by atoms with Gasteiger partial charge in [0.2, 0.25) is 0 Å². The average molecular weight is 421 g/mol. The van der Waals surface area contributed by atoms with E-state index in [4.69, 9.17) is 4.74 Å². The van der Waals surface area contributed by atoms with Crippen LogP contribution in [0.5, 0.6) is 5.75 Å². The number of carboxylic acid groups (broad SMARTS) is 1. The number of hydrogen-bond acceptors (Lipinski definition) is 3. The predicted molar refractivity (Wildman–Crippen MR) is 96.2 cm³/mol.